The predicted octanol–water partition coefficient (Wildman–Crippen LogP) is 0.274. The Kier molecular flexibility index (Phi) is 2.58. The van der Waals surface area contributed by atoms with Crippen molar-refractivity contribution in [3.63, 3.8) is 0 Å². The van der Waals surface area contributed by atoms with Crippen LogP contribution >= 0.6 is 0 Å². The highest BCUT2D eigenvalue weighted by Gasteiger charge is 1.96. The van der Waals surface area contributed by atoms with Crippen LogP contribution in [-0.4, -0.2) is 0 Å². The number of rotatable bonds is 2. The standard InChI is InChI=1S/C9H13N3/c10-8(9(11)12)6-7-4-2-1-3-5-7/h1-5H,6,10-12H2. The first kappa shape index (κ1) is 8.46. The smallest absolute Gasteiger partial charge is 0.113 e. The molecule has 1 aromatic carbocycles. The largest absolute Gasteiger partial charge is 0.399 e. The zero-order valence-electron chi connectivity index (χ0n) is 6.83. The summed E-state index contributed by atoms with van der Waals surface area (Å²) >= 11 is 0. The molecule has 0 aliphatic rings. The Morgan fingerprint density at radius 1 is 1.00 bits per heavy atom. The zero-order valence-corrected chi connectivity index (χ0v) is 6.83. The van der Waals surface area contributed by atoms with Crippen LogP contribution < -0.4 is 17.2 Å². The highest BCUT2D eigenvalue weighted by atomic mass is 14.8. The molecule has 12 heavy (non-hydrogen) atoms. The number of hydrogen-bond acceptors (Lipinski definition) is 3. The van der Waals surface area contributed by atoms with Gasteiger partial charge >= 0.3 is 0 Å². The first-order chi connectivity index (χ1) is 5.70. The van der Waals surface area contributed by atoms with E-state index >= 15 is 0 Å². The molecule has 3 nitrogen and oxygen atoms in total. The number of benzene rings is 1. The van der Waals surface area contributed by atoms with Crippen LogP contribution in [0.4, 0.5) is 0 Å². The molecule has 0 aromatic heterocycles. The lowest BCUT2D eigenvalue weighted by Crippen LogP contribution is -2.18. The Balaban J connectivity index is 2.72. The molecular formula is C9H13N3. The highest BCUT2D eigenvalue weighted by Crippen LogP contribution is 2.03. The Labute approximate surface area is 71.9 Å². The summed E-state index contributed by atoms with van der Waals surface area (Å²) in [5.74, 6) is 0.207. The van der Waals surface area contributed by atoms with Gasteiger partial charge in [0.1, 0.15) is 5.82 Å². The number of hydrogen-bond donors (Lipinski definition) is 3. The molecular weight excluding hydrogens is 150 g/mol. The maximum absolute atomic E-state index is 5.58. The van der Waals surface area contributed by atoms with Crippen molar-refractivity contribution in [1.82, 2.24) is 0 Å². The SMILES string of the molecule is NC(N)=C(N)Cc1ccccc1. The van der Waals surface area contributed by atoms with Crippen molar-refractivity contribution in [1.29, 1.82) is 0 Å². The zero-order chi connectivity index (χ0) is 8.97. The maximum atomic E-state index is 5.58. The third kappa shape index (κ3) is 2.20. The summed E-state index contributed by atoms with van der Waals surface area (Å²) in [6.45, 7) is 0. The average molecular weight is 163 g/mol. The predicted molar refractivity (Wildman–Crippen MR) is 49.7 cm³/mol. The third-order valence-corrected chi connectivity index (χ3v) is 1.61. The van der Waals surface area contributed by atoms with Gasteiger partial charge in [0.25, 0.3) is 0 Å². The monoisotopic (exact) mass is 163 g/mol. The van der Waals surface area contributed by atoms with E-state index in [9.17, 15) is 0 Å². The molecule has 0 heterocycles. The Hall–Kier alpha value is -1.64. The van der Waals surface area contributed by atoms with Crippen molar-refractivity contribution < 1.29 is 0 Å². The molecule has 0 saturated carbocycles. The Bertz CT molecular complexity index is 273. The molecule has 0 amide bonds. The van der Waals surface area contributed by atoms with E-state index in [-0.39, 0.29) is 5.82 Å². The molecule has 6 N–H and O–H groups in total. The maximum Gasteiger partial charge on any atom is 0.113 e. The molecule has 0 spiro atoms. The summed E-state index contributed by atoms with van der Waals surface area (Å²) in [5.41, 5.74) is 17.9. The van der Waals surface area contributed by atoms with E-state index in [1.54, 1.807) is 0 Å². The summed E-state index contributed by atoms with van der Waals surface area (Å²) in [5, 5.41) is 0. The van der Waals surface area contributed by atoms with Gasteiger partial charge in [-0.3, -0.25) is 0 Å². The Morgan fingerprint density at radius 3 is 2.08 bits per heavy atom. The van der Waals surface area contributed by atoms with Crippen molar-refractivity contribution in [3.05, 3.63) is 47.4 Å². The first-order valence-corrected chi connectivity index (χ1v) is 3.73. The molecule has 1 rings (SSSR count). The molecule has 0 fully saturated rings. The van der Waals surface area contributed by atoms with Gasteiger partial charge in [-0.1, -0.05) is 30.3 Å². The Morgan fingerprint density at radius 2 is 1.58 bits per heavy atom. The second-order valence-corrected chi connectivity index (χ2v) is 2.64. The van der Waals surface area contributed by atoms with Crippen LogP contribution in [0.2, 0.25) is 0 Å². The first-order valence-electron chi connectivity index (χ1n) is 3.73. The van der Waals surface area contributed by atoms with Gasteiger partial charge in [0.2, 0.25) is 0 Å². The fourth-order valence-electron chi connectivity index (χ4n) is 0.918. The average Bonchev–Trinajstić information content (AvgIpc) is 2.06. The molecule has 0 atom stereocenters. The van der Waals surface area contributed by atoms with Crippen molar-refractivity contribution in [2.24, 2.45) is 17.2 Å². The van der Waals surface area contributed by atoms with Crippen LogP contribution in [-0.2, 0) is 6.42 Å². The highest BCUT2D eigenvalue weighted by molar-refractivity contribution is 5.21. The van der Waals surface area contributed by atoms with E-state index in [2.05, 4.69) is 0 Å². The summed E-state index contributed by atoms with van der Waals surface area (Å²) < 4.78 is 0. The number of nitrogens with two attached hydrogens (primary N) is 3. The molecule has 0 saturated heterocycles. The molecule has 64 valence electrons. The van der Waals surface area contributed by atoms with Crippen LogP contribution in [0.5, 0.6) is 0 Å². The second-order valence-electron chi connectivity index (χ2n) is 2.64. The molecule has 0 aliphatic heterocycles. The van der Waals surface area contributed by atoms with Crippen LogP contribution in [0.25, 0.3) is 0 Å². The van der Waals surface area contributed by atoms with Gasteiger partial charge in [-0.25, -0.2) is 0 Å². The van der Waals surface area contributed by atoms with E-state index in [0.29, 0.717) is 12.1 Å². The van der Waals surface area contributed by atoms with Gasteiger partial charge in [0.05, 0.1) is 5.70 Å². The van der Waals surface area contributed by atoms with E-state index in [0.717, 1.165) is 5.56 Å². The van der Waals surface area contributed by atoms with Gasteiger partial charge in [-0.05, 0) is 5.56 Å². The van der Waals surface area contributed by atoms with Gasteiger partial charge in [0, 0.05) is 6.42 Å². The van der Waals surface area contributed by atoms with Crippen LogP contribution in [0.1, 0.15) is 5.56 Å². The molecule has 0 bridgehead atoms. The number of allylic oxidation sites excluding steroid dienone is 1. The van der Waals surface area contributed by atoms with Crippen molar-refractivity contribution in [2.75, 3.05) is 0 Å². The van der Waals surface area contributed by atoms with Crippen molar-refractivity contribution >= 4 is 0 Å². The van der Waals surface area contributed by atoms with Crippen LogP contribution in [0, 0.1) is 0 Å². The van der Waals surface area contributed by atoms with Gasteiger partial charge in [0.15, 0.2) is 0 Å². The summed E-state index contributed by atoms with van der Waals surface area (Å²) in [6, 6.07) is 9.82. The minimum atomic E-state index is 0.207. The lowest BCUT2D eigenvalue weighted by atomic mass is 10.1. The lowest BCUT2D eigenvalue weighted by molar-refractivity contribution is 1.03. The summed E-state index contributed by atoms with van der Waals surface area (Å²) in [4.78, 5) is 0. The van der Waals surface area contributed by atoms with Gasteiger partial charge < -0.3 is 17.2 Å². The quantitative estimate of drug-likeness (QED) is 0.585. The van der Waals surface area contributed by atoms with Crippen molar-refractivity contribution in [3.8, 4) is 0 Å². The molecule has 3 heteroatoms. The van der Waals surface area contributed by atoms with Crippen LogP contribution in [0.3, 0.4) is 0 Å². The van der Waals surface area contributed by atoms with E-state index in [4.69, 9.17) is 17.2 Å². The minimum Gasteiger partial charge on any atom is -0.399 e. The van der Waals surface area contributed by atoms with E-state index < -0.39 is 0 Å². The fourth-order valence-corrected chi connectivity index (χ4v) is 0.918. The van der Waals surface area contributed by atoms with E-state index in [1.165, 1.54) is 0 Å². The summed E-state index contributed by atoms with van der Waals surface area (Å²) in [7, 11) is 0. The van der Waals surface area contributed by atoms with Crippen molar-refractivity contribution in [2.45, 2.75) is 6.42 Å². The third-order valence-electron chi connectivity index (χ3n) is 1.61. The van der Waals surface area contributed by atoms with Gasteiger partial charge in [-0.15, -0.1) is 0 Å². The van der Waals surface area contributed by atoms with E-state index in [1.807, 2.05) is 30.3 Å². The lowest BCUT2D eigenvalue weighted by Gasteiger charge is -2.02. The fraction of sp³-hybridized carbons (Fsp3) is 0.111. The molecule has 1 aromatic rings. The van der Waals surface area contributed by atoms with Gasteiger partial charge in [-0.2, -0.15) is 0 Å². The molecule has 0 radical (unpaired) electrons. The molecule has 0 aliphatic carbocycles. The second kappa shape index (κ2) is 3.67. The molecule has 0 unspecified atom stereocenters. The topological polar surface area (TPSA) is 78.1 Å². The van der Waals surface area contributed by atoms with Crippen LogP contribution in [0.15, 0.2) is 41.8 Å². The normalized spacial score (nSPS) is 9.33. The minimum absolute atomic E-state index is 0.207. The summed E-state index contributed by atoms with van der Waals surface area (Å²) in [6.07, 6.45) is 0.614.